The van der Waals surface area contributed by atoms with Crippen LogP contribution >= 0.6 is 0 Å². The van der Waals surface area contributed by atoms with E-state index in [1.165, 1.54) is 21.1 Å². The molecule has 7 heteroatoms. The van der Waals surface area contributed by atoms with Gasteiger partial charge in [-0.05, 0) is 55.7 Å². The predicted molar refractivity (Wildman–Crippen MR) is 114 cm³/mol. The van der Waals surface area contributed by atoms with Crippen molar-refractivity contribution in [1.82, 2.24) is 0 Å². The summed E-state index contributed by atoms with van der Waals surface area (Å²) in [6.07, 6.45) is -0.0514. The van der Waals surface area contributed by atoms with Gasteiger partial charge in [0, 0.05) is 6.07 Å². The Kier molecular flexibility index (Phi) is 8.53. The number of carbonyl (C=O) groups excluding carboxylic acids is 2. The summed E-state index contributed by atoms with van der Waals surface area (Å²) >= 11 is 0. The molecule has 0 saturated heterocycles. The van der Waals surface area contributed by atoms with Crippen molar-refractivity contribution < 1.29 is 28.5 Å². The molecule has 0 aliphatic carbocycles. The van der Waals surface area contributed by atoms with Crippen molar-refractivity contribution in [1.29, 1.82) is 0 Å². The monoisotopic (exact) mass is 415 g/mol. The molecule has 0 aromatic heterocycles. The topological polar surface area (TPSA) is 83.1 Å². The van der Waals surface area contributed by atoms with E-state index in [1.807, 2.05) is 0 Å². The largest absolute Gasteiger partial charge is 0.497 e. The molecule has 30 heavy (non-hydrogen) atoms. The normalized spacial score (nSPS) is 11.5. The van der Waals surface area contributed by atoms with E-state index in [4.69, 9.17) is 18.9 Å². The van der Waals surface area contributed by atoms with E-state index in [0.29, 0.717) is 41.0 Å². The Hall–Kier alpha value is -3.22. The summed E-state index contributed by atoms with van der Waals surface area (Å²) in [6, 6.07) is 11.7. The maximum atomic E-state index is 12.5. The Labute approximate surface area is 177 Å². The fourth-order valence-electron chi connectivity index (χ4n) is 2.53. The lowest BCUT2D eigenvalue weighted by Crippen LogP contribution is -2.30. The second kappa shape index (κ2) is 11.1. The van der Waals surface area contributed by atoms with Gasteiger partial charge in [0.2, 0.25) is 0 Å². The van der Waals surface area contributed by atoms with E-state index < -0.39 is 18.0 Å². The van der Waals surface area contributed by atoms with Crippen molar-refractivity contribution in [2.75, 3.05) is 26.1 Å². The molecule has 0 bridgehead atoms. The lowest BCUT2D eigenvalue weighted by molar-refractivity contribution is -0.123. The number of nitrogens with one attached hydrogen (secondary N) is 1. The van der Waals surface area contributed by atoms with Gasteiger partial charge in [0.15, 0.2) is 6.10 Å². The van der Waals surface area contributed by atoms with Gasteiger partial charge in [-0.15, -0.1) is 0 Å². The number of benzene rings is 2. The van der Waals surface area contributed by atoms with Crippen LogP contribution in [0.5, 0.6) is 17.2 Å². The van der Waals surface area contributed by atoms with Crippen molar-refractivity contribution in [3.8, 4) is 17.2 Å². The van der Waals surface area contributed by atoms with E-state index >= 15 is 0 Å². The number of hydrogen-bond acceptors (Lipinski definition) is 6. The number of carbonyl (C=O) groups is 2. The highest BCUT2D eigenvalue weighted by molar-refractivity contribution is 5.98. The van der Waals surface area contributed by atoms with Crippen LogP contribution in [-0.4, -0.2) is 38.8 Å². The molecule has 162 valence electrons. The van der Waals surface area contributed by atoms with Crippen LogP contribution in [0.25, 0.3) is 0 Å². The molecule has 2 rings (SSSR count). The van der Waals surface area contributed by atoms with E-state index in [0.717, 1.165) is 6.42 Å². The van der Waals surface area contributed by atoms with E-state index in [-0.39, 0.29) is 0 Å². The second-order valence-electron chi connectivity index (χ2n) is 7.16. The van der Waals surface area contributed by atoms with Gasteiger partial charge in [-0.2, -0.15) is 0 Å². The van der Waals surface area contributed by atoms with Crippen LogP contribution in [-0.2, 0) is 9.53 Å². The fourth-order valence-corrected chi connectivity index (χ4v) is 2.53. The summed E-state index contributed by atoms with van der Waals surface area (Å²) in [4.78, 5) is 24.8. The van der Waals surface area contributed by atoms with Gasteiger partial charge < -0.3 is 24.3 Å². The second-order valence-corrected chi connectivity index (χ2v) is 7.16. The Morgan fingerprint density at radius 2 is 1.60 bits per heavy atom. The zero-order chi connectivity index (χ0) is 22.1. The minimum Gasteiger partial charge on any atom is -0.497 e. The van der Waals surface area contributed by atoms with Crippen molar-refractivity contribution in [2.45, 2.75) is 33.3 Å². The molecule has 0 spiro atoms. The molecule has 0 unspecified atom stereocenters. The first-order valence-corrected chi connectivity index (χ1v) is 9.80. The molecule has 0 fully saturated rings. The number of hydrogen-bond donors (Lipinski definition) is 1. The van der Waals surface area contributed by atoms with Gasteiger partial charge in [0.05, 0.1) is 32.1 Å². The first-order chi connectivity index (χ1) is 14.3. The molecule has 1 N–H and O–H groups in total. The van der Waals surface area contributed by atoms with Gasteiger partial charge in [0.25, 0.3) is 5.91 Å². The van der Waals surface area contributed by atoms with Crippen molar-refractivity contribution in [3.63, 3.8) is 0 Å². The standard InChI is InChI=1S/C23H29NO6/c1-15(2)12-13-29-18-8-6-17(7-9-18)23(26)30-16(3)22(25)24-20-14-19(27-4)10-11-21(20)28-5/h6-11,14-16H,12-13H2,1-5H3,(H,24,25)/t16-/m1/s1. The molecule has 0 aliphatic heterocycles. The van der Waals surface area contributed by atoms with Crippen LogP contribution in [0, 0.1) is 5.92 Å². The molecule has 0 radical (unpaired) electrons. The van der Waals surface area contributed by atoms with Crippen molar-refractivity contribution in [3.05, 3.63) is 48.0 Å². The smallest absolute Gasteiger partial charge is 0.338 e. The molecular weight excluding hydrogens is 386 g/mol. The highest BCUT2D eigenvalue weighted by atomic mass is 16.5. The van der Waals surface area contributed by atoms with Crippen molar-refractivity contribution in [2.24, 2.45) is 5.92 Å². The molecule has 0 saturated carbocycles. The van der Waals surface area contributed by atoms with Gasteiger partial charge in [-0.3, -0.25) is 4.79 Å². The molecule has 1 atom stereocenters. The maximum absolute atomic E-state index is 12.5. The quantitative estimate of drug-likeness (QED) is 0.582. The Balaban J connectivity index is 1.94. The van der Waals surface area contributed by atoms with Crippen LogP contribution in [0.1, 0.15) is 37.6 Å². The zero-order valence-corrected chi connectivity index (χ0v) is 18.1. The Morgan fingerprint density at radius 1 is 0.933 bits per heavy atom. The lowest BCUT2D eigenvalue weighted by atomic mass is 10.1. The average Bonchev–Trinajstić information content (AvgIpc) is 2.73. The third-order valence-corrected chi connectivity index (χ3v) is 4.37. The van der Waals surface area contributed by atoms with Gasteiger partial charge in [0.1, 0.15) is 17.2 Å². The Bertz CT molecular complexity index is 847. The SMILES string of the molecule is COc1ccc(OC)c(NC(=O)[C@@H](C)OC(=O)c2ccc(OCCC(C)C)cc2)c1. The minimum atomic E-state index is -1.00. The molecule has 7 nitrogen and oxygen atoms in total. The number of ether oxygens (including phenoxy) is 4. The fraction of sp³-hybridized carbons (Fsp3) is 0.391. The number of amides is 1. The summed E-state index contributed by atoms with van der Waals surface area (Å²) in [5.41, 5.74) is 0.762. The number of anilines is 1. The summed E-state index contributed by atoms with van der Waals surface area (Å²) in [7, 11) is 3.02. The average molecular weight is 415 g/mol. The van der Waals surface area contributed by atoms with Crippen LogP contribution in [0.2, 0.25) is 0 Å². The van der Waals surface area contributed by atoms with Gasteiger partial charge in [-0.25, -0.2) is 4.79 Å². The van der Waals surface area contributed by atoms with Crippen molar-refractivity contribution >= 4 is 17.6 Å². The maximum Gasteiger partial charge on any atom is 0.338 e. The number of methoxy groups -OCH3 is 2. The molecule has 1 amide bonds. The first-order valence-electron chi connectivity index (χ1n) is 9.80. The summed E-state index contributed by atoms with van der Waals surface area (Å²) in [5, 5.41) is 2.69. The van der Waals surface area contributed by atoms with Crippen LogP contribution < -0.4 is 19.5 Å². The van der Waals surface area contributed by atoms with Crippen LogP contribution in [0.3, 0.4) is 0 Å². The van der Waals surface area contributed by atoms with Gasteiger partial charge >= 0.3 is 5.97 Å². The zero-order valence-electron chi connectivity index (χ0n) is 18.1. The van der Waals surface area contributed by atoms with E-state index in [1.54, 1.807) is 42.5 Å². The predicted octanol–water partition coefficient (Wildman–Crippen LogP) is 4.31. The minimum absolute atomic E-state index is 0.338. The molecule has 0 heterocycles. The number of esters is 1. The summed E-state index contributed by atoms with van der Waals surface area (Å²) < 4.78 is 21.3. The highest BCUT2D eigenvalue weighted by Crippen LogP contribution is 2.29. The third-order valence-electron chi connectivity index (χ3n) is 4.37. The Morgan fingerprint density at radius 3 is 2.20 bits per heavy atom. The summed E-state index contributed by atoms with van der Waals surface area (Å²) in [5.74, 6) is 1.20. The highest BCUT2D eigenvalue weighted by Gasteiger charge is 2.20. The molecule has 0 aliphatic rings. The first kappa shape index (κ1) is 23.1. The van der Waals surface area contributed by atoms with E-state index in [9.17, 15) is 9.59 Å². The van der Waals surface area contributed by atoms with Gasteiger partial charge in [-0.1, -0.05) is 13.8 Å². The van der Waals surface area contributed by atoms with Crippen LogP contribution in [0.4, 0.5) is 5.69 Å². The number of rotatable bonds is 10. The van der Waals surface area contributed by atoms with E-state index in [2.05, 4.69) is 19.2 Å². The third kappa shape index (κ3) is 6.69. The summed E-state index contributed by atoms with van der Waals surface area (Å²) in [6.45, 7) is 6.38. The molecular formula is C23H29NO6. The van der Waals surface area contributed by atoms with Crippen LogP contribution in [0.15, 0.2) is 42.5 Å². The lowest BCUT2D eigenvalue weighted by Gasteiger charge is -2.16. The molecule has 2 aromatic rings. The molecule has 2 aromatic carbocycles.